The standard InChI is InChI=1S/C27H29N3O4S/c1-18-6-12-25-23(15-18)27(28-24-11-5-19(2)16-26(24)34-25)29-13-14-30(20(3)17-29)35(31,32)22-9-7-21(33-4)8-10-22/h5-12,15-16,20H,13-14,17H2,1-4H3/t20-/m1/s1. The van der Waals surface area contributed by atoms with E-state index in [0.29, 0.717) is 25.4 Å². The molecule has 1 atom stereocenters. The van der Waals surface area contributed by atoms with Crippen LogP contribution in [0, 0.1) is 13.8 Å². The fourth-order valence-corrected chi connectivity index (χ4v) is 6.22. The molecule has 0 amide bonds. The highest BCUT2D eigenvalue weighted by Crippen LogP contribution is 2.39. The summed E-state index contributed by atoms with van der Waals surface area (Å²) < 4.78 is 39.8. The molecular weight excluding hydrogens is 462 g/mol. The molecule has 0 saturated carbocycles. The predicted molar refractivity (Wildman–Crippen MR) is 137 cm³/mol. The van der Waals surface area contributed by atoms with E-state index in [-0.39, 0.29) is 10.9 Å². The Morgan fingerprint density at radius 2 is 1.66 bits per heavy atom. The lowest BCUT2D eigenvalue weighted by Gasteiger charge is -2.40. The lowest BCUT2D eigenvalue weighted by atomic mass is 10.1. The summed E-state index contributed by atoms with van der Waals surface area (Å²) in [5.41, 5.74) is 3.89. The molecule has 2 aliphatic rings. The Bertz CT molecular complexity index is 1400. The summed E-state index contributed by atoms with van der Waals surface area (Å²) in [5.74, 6) is 2.90. The number of methoxy groups -OCH3 is 1. The van der Waals surface area contributed by atoms with Gasteiger partial charge < -0.3 is 14.4 Å². The third-order valence-electron chi connectivity index (χ3n) is 6.47. The normalized spacial score (nSPS) is 18.1. The molecule has 7 nitrogen and oxygen atoms in total. The van der Waals surface area contributed by atoms with E-state index in [9.17, 15) is 8.42 Å². The monoisotopic (exact) mass is 491 g/mol. The molecule has 3 aromatic carbocycles. The Hall–Kier alpha value is -3.36. The Morgan fingerprint density at radius 3 is 2.37 bits per heavy atom. The van der Waals surface area contributed by atoms with Crippen molar-refractivity contribution in [2.24, 2.45) is 4.99 Å². The maximum atomic E-state index is 13.4. The highest BCUT2D eigenvalue weighted by atomic mass is 32.2. The van der Waals surface area contributed by atoms with Crippen LogP contribution in [0.2, 0.25) is 0 Å². The van der Waals surface area contributed by atoms with Gasteiger partial charge in [0.05, 0.1) is 17.6 Å². The minimum atomic E-state index is -3.63. The topological polar surface area (TPSA) is 71.4 Å². The summed E-state index contributed by atoms with van der Waals surface area (Å²) in [6.07, 6.45) is 0. The van der Waals surface area contributed by atoms with E-state index in [4.69, 9.17) is 14.5 Å². The van der Waals surface area contributed by atoms with Crippen molar-refractivity contribution in [1.29, 1.82) is 0 Å². The van der Waals surface area contributed by atoms with Crippen LogP contribution in [-0.4, -0.2) is 56.2 Å². The van der Waals surface area contributed by atoms with Gasteiger partial charge in [0.15, 0.2) is 5.75 Å². The molecule has 182 valence electrons. The first kappa shape index (κ1) is 23.4. The Kier molecular flexibility index (Phi) is 6.02. The Labute approximate surface area is 206 Å². The van der Waals surface area contributed by atoms with E-state index < -0.39 is 10.0 Å². The fraction of sp³-hybridized carbons (Fsp3) is 0.296. The zero-order valence-electron chi connectivity index (χ0n) is 20.4. The van der Waals surface area contributed by atoms with E-state index in [1.165, 1.54) is 0 Å². The molecule has 0 unspecified atom stereocenters. The van der Waals surface area contributed by atoms with Gasteiger partial charge >= 0.3 is 0 Å². The molecule has 3 aromatic rings. The number of hydrogen-bond acceptors (Lipinski definition) is 6. The number of aliphatic imine (C=N–C) groups is 1. The van der Waals surface area contributed by atoms with Crippen molar-refractivity contribution >= 4 is 21.5 Å². The van der Waals surface area contributed by atoms with E-state index in [1.807, 2.05) is 51.1 Å². The molecule has 0 aliphatic carbocycles. The van der Waals surface area contributed by atoms with Crippen LogP contribution < -0.4 is 9.47 Å². The summed E-state index contributed by atoms with van der Waals surface area (Å²) in [6.45, 7) is 7.41. The van der Waals surface area contributed by atoms with Crippen LogP contribution >= 0.6 is 0 Å². The molecule has 1 saturated heterocycles. The maximum Gasteiger partial charge on any atom is 0.243 e. The summed E-state index contributed by atoms with van der Waals surface area (Å²) in [4.78, 5) is 7.46. The van der Waals surface area contributed by atoms with Crippen molar-refractivity contribution in [2.75, 3.05) is 26.7 Å². The minimum absolute atomic E-state index is 0.242. The molecule has 5 rings (SSSR count). The Balaban J connectivity index is 1.47. The van der Waals surface area contributed by atoms with Crippen LogP contribution in [-0.2, 0) is 10.0 Å². The Morgan fingerprint density at radius 1 is 0.943 bits per heavy atom. The van der Waals surface area contributed by atoms with Gasteiger partial charge in [-0.3, -0.25) is 0 Å². The van der Waals surface area contributed by atoms with Crippen molar-refractivity contribution in [2.45, 2.75) is 31.7 Å². The second-order valence-electron chi connectivity index (χ2n) is 9.09. The van der Waals surface area contributed by atoms with Gasteiger partial charge in [-0.2, -0.15) is 4.31 Å². The number of aryl methyl sites for hydroxylation is 2. The molecule has 0 N–H and O–H groups in total. The van der Waals surface area contributed by atoms with Crippen molar-refractivity contribution < 1.29 is 17.9 Å². The van der Waals surface area contributed by atoms with Crippen LogP contribution in [0.3, 0.4) is 0 Å². The molecule has 0 bridgehead atoms. The van der Waals surface area contributed by atoms with Gasteiger partial charge in [-0.25, -0.2) is 13.4 Å². The third kappa shape index (κ3) is 4.39. The first-order valence-electron chi connectivity index (χ1n) is 11.7. The average Bonchev–Trinajstić information content (AvgIpc) is 3.00. The van der Waals surface area contributed by atoms with Gasteiger partial charge in [-0.05, 0) is 74.9 Å². The fourth-order valence-electron chi connectivity index (χ4n) is 4.61. The summed E-state index contributed by atoms with van der Waals surface area (Å²) in [7, 11) is -2.07. The highest BCUT2D eigenvalue weighted by Gasteiger charge is 2.36. The van der Waals surface area contributed by atoms with Crippen molar-refractivity contribution in [1.82, 2.24) is 9.21 Å². The van der Waals surface area contributed by atoms with Gasteiger partial charge in [0.25, 0.3) is 0 Å². The van der Waals surface area contributed by atoms with Crippen LogP contribution in [0.1, 0.15) is 23.6 Å². The van der Waals surface area contributed by atoms with Crippen molar-refractivity contribution in [3.63, 3.8) is 0 Å². The molecule has 8 heteroatoms. The summed E-state index contributed by atoms with van der Waals surface area (Å²) in [5, 5.41) is 0. The number of nitrogens with zero attached hydrogens (tertiary/aromatic N) is 3. The second-order valence-corrected chi connectivity index (χ2v) is 11.0. The zero-order chi connectivity index (χ0) is 24.7. The number of rotatable bonds is 3. The smallest absolute Gasteiger partial charge is 0.243 e. The molecule has 2 heterocycles. The number of ether oxygens (including phenoxy) is 2. The zero-order valence-corrected chi connectivity index (χ0v) is 21.2. The molecular formula is C27H29N3O4S. The van der Waals surface area contributed by atoms with Crippen LogP contribution in [0.5, 0.6) is 17.2 Å². The third-order valence-corrected chi connectivity index (χ3v) is 8.50. The minimum Gasteiger partial charge on any atom is -0.497 e. The maximum absolute atomic E-state index is 13.4. The van der Waals surface area contributed by atoms with Gasteiger partial charge in [0, 0.05) is 25.7 Å². The molecule has 0 radical (unpaired) electrons. The number of sulfonamides is 1. The lowest BCUT2D eigenvalue weighted by Crippen LogP contribution is -2.55. The second kappa shape index (κ2) is 9.02. The first-order valence-corrected chi connectivity index (χ1v) is 13.1. The van der Waals surface area contributed by atoms with E-state index in [1.54, 1.807) is 35.7 Å². The molecule has 35 heavy (non-hydrogen) atoms. The van der Waals surface area contributed by atoms with Crippen LogP contribution in [0.15, 0.2) is 70.6 Å². The first-order chi connectivity index (χ1) is 16.8. The summed E-state index contributed by atoms with van der Waals surface area (Å²) in [6, 6.07) is 18.4. The van der Waals surface area contributed by atoms with Crippen molar-refractivity contribution in [3.05, 3.63) is 77.4 Å². The SMILES string of the molecule is COc1ccc(S(=O)(=O)N2CCN(C3=Nc4ccc(C)cc4Oc4ccc(C)cc43)C[C@H]2C)cc1. The lowest BCUT2D eigenvalue weighted by molar-refractivity contribution is 0.205. The predicted octanol–water partition coefficient (Wildman–Crippen LogP) is 4.89. The number of fused-ring (bicyclic) bond motifs is 2. The number of amidine groups is 1. The average molecular weight is 492 g/mol. The summed E-state index contributed by atoms with van der Waals surface area (Å²) >= 11 is 0. The van der Waals surface area contributed by atoms with Gasteiger partial charge in [0.2, 0.25) is 10.0 Å². The number of hydrogen-bond donors (Lipinski definition) is 0. The van der Waals surface area contributed by atoms with Crippen LogP contribution in [0.4, 0.5) is 5.69 Å². The van der Waals surface area contributed by atoms with Gasteiger partial charge in [0.1, 0.15) is 23.0 Å². The number of benzene rings is 3. The largest absolute Gasteiger partial charge is 0.497 e. The molecule has 0 spiro atoms. The quantitative estimate of drug-likeness (QED) is 0.522. The van der Waals surface area contributed by atoms with Gasteiger partial charge in [-0.1, -0.05) is 17.7 Å². The van der Waals surface area contributed by atoms with E-state index in [0.717, 1.165) is 39.7 Å². The van der Waals surface area contributed by atoms with Crippen molar-refractivity contribution in [3.8, 4) is 17.2 Å². The van der Waals surface area contributed by atoms with E-state index in [2.05, 4.69) is 11.0 Å². The molecule has 2 aliphatic heterocycles. The van der Waals surface area contributed by atoms with Gasteiger partial charge in [-0.15, -0.1) is 0 Å². The molecule has 0 aromatic heterocycles. The number of piperazine rings is 1. The van der Waals surface area contributed by atoms with E-state index >= 15 is 0 Å². The van der Waals surface area contributed by atoms with Crippen LogP contribution in [0.25, 0.3) is 0 Å². The highest BCUT2D eigenvalue weighted by molar-refractivity contribution is 7.89. The molecule has 1 fully saturated rings.